The van der Waals surface area contributed by atoms with E-state index in [2.05, 4.69) is 33.6 Å². The highest BCUT2D eigenvalue weighted by molar-refractivity contribution is 5.96. The molecule has 1 aliphatic heterocycles. The molecule has 1 saturated heterocycles. The molecule has 0 spiro atoms. The molecule has 2 aromatic heterocycles. The molecular formula is C29H41N6O2-. The van der Waals surface area contributed by atoms with Crippen LogP contribution >= 0.6 is 0 Å². The average molecular weight is 506 g/mol. The number of benzene rings is 1. The molecule has 0 radical (unpaired) electrons. The number of piperidine rings is 1. The Hall–Kier alpha value is -3.13. The SMILES string of the molecule is CCCCN(CCCC)C(=O)c1cnc2nc(Nc3ccc([O-])cc3)n(CCCN3CCCCC3)c2c1. The van der Waals surface area contributed by atoms with Gasteiger partial charge in [0.05, 0.1) is 11.1 Å². The third kappa shape index (κ3) is 7.22. The second-order valence-corrected chi connectivity index (χ2v) is 10.1. The summed E-state index contributed by atoms with van der Waals surface area (Å²) in [6, 6.07) is 8.57. The lowest BCUT2D eigenvalue weighted by atomic mass is 10.1. The molecule has 8 heteroatoms. The van der Waals surface area contributed by atoms with E-state index in [0.29, 0.717) is 17.2 Å². The molecule has 0 unspecified atom stereocenters. The molecule has 1 aliphatic rings. The number of fused-ring (bicyclic) bond motifs is 1. The summed E-state index contributed by atoms with van der Waals surface area (Å²) in [7, 11) is 0. The van der Waals surface area contributed by atoms with Gasteiger partial charge in [0.2, 0.25) is 5.95 Å². The van der Waals surface area contributed by atoms with Gasteiger partial charge in [-0.15, -0.1) is 5.75 Å². The molecule has 1 fully saturated rings. The molecule has 3 heterocycles. The van der Waals surface area contributed by atoms with Gasteiger partial charge in [0.15, 0.2) is 5.65 Å². The monoisotopic (exact) mass is 505 g/mol. The number of anilines is 2. The van der Waals surface area contributed by atoms with Gasteiger partial charge in [0.1, 0.15) is 0 Å². The van der Waals surface area contributed by atoms with E-state index in [0.717, 1.165) is 69.5 Å². The summed E-state index contributed by atoms with van der Waals surface area (Å²) < 4.78 is 2.14. The smallest absolute Gasteiger partial charge is 0.255 e. The van der Waals surface area contributed by atoms with E-state index >= 15 is 0 Å². The Labute approximate surface area is 220 Å². The molecule has 0 saturated carbocycles. The van der Waals surface area contributed by atoms with Crippen LogP contribution < -0.4 is 10.4 Å². The lowest BCUT2D eigenvalue weighted by molar-refractivity contribution is -0.268. The van der Waals surface area contributed by atoms with Crippen LogP contribution in [0.2, 0.25) is 0 Å². The number of unbranched alkanes of at least 4 members (excludes halogenated alkanes) is 2. The molecule has 0 bridgehead atoms. The van der Waals surface area contributed by atoms with Crippen LogP contribution in [0.3, 0.4) is 0 Å². The number of carbonyl (C=O) groups is 1. The van der Waals surface area contributed by atoms with E-state index in [1.807, 2.05) is 11.0 Å². The predicted octanol–water partition coefficient (Wildman–Crippen LogP) is 5.17. The Kier molecular flexibility index (Phi) is 9.77. The van der Waals surface area contributed by atoms with Gasteiger partial charge in [-0.05, 0) is 69.9 Å². The van der Waals surface area contributed by atoms with Crippen LogP contribution in [0.15, 0.2) is 36.5 Å². The maximum Gasteiger partial charge on any atom is 0.255 e. The Morgan fingerprint density at radius 1 is 1.00 bits per heavy atom. The number of imidazole rings is 1. The van der Waals surface area contributed by atoms with Gasteiger partial charge in [-0.1, -0.05) is 45.2 Å². The van der Waals surface area contributed by atoms with Crippen LogP contribution in [0.25, 0.3) is 11.2 Å². The molecule has 3 aromatic rings. The number of carbonyl (C=O) groups excluding carboxylic acids is 1. The molecule has 0 aliphatic carbocycles. The van der Waals surface area contributed by atoms with Crippen LogP contribution in [0.4, 0.5) is 11.6 Å². The lowest BCUT2D eigenvalue weighted by Crippen LogP contribution is -2.33. The number of hydrogen-bond donors (Lipinski definition) is 1. The summed E-state index contributed by atoms with van der Waals surface area (Å²) in [5.74, 6) is 0.692. The van der Waals surface area contributed by atoms with Crippen molar-refractivity contribution in [1.82, 2.24) is 24.3 Å². The standard InChI is InChI=1S/C29H42N6O2/c1-3-5-18-34(19-6-4-2)28(37)23-21-26-27(30-22-23)32-29(31-24-11-13-25(36)14-12-24)35(26)20-10-17-33-15-8-7-9-16-33/h11-14,21-22,36H,3-10,15-20H2,1-2H3,(H,30,31,32)/p-1. The molecule has 1 aromatic carbocycles. The van der Waals surface area contributed by atoms with Crippen molar-refractivity contribution >= 4 is 28.7 Å². The molecule has 8 nitrogen and oxygen atoms in total. The summed E-state index contributed by atoms with van der Waals surface area (Å²) in [5, 5.41) is 14.9. The van der Waals surface area contributed by atoms with Gasteiger partial charge in [-0.3, -0.25) is 4.79 Å². The highest BCUT2D eigenvalue weighted by Crippen LogP contribution is 2.25. The molecule has 1 amide bonds. The van der Waals surface area contributed by atoms with Gasteiger partial charge in [0.25, 0.3) is 5.91 Å². The van der Waals surface area contributed by atoms with E-state index in [1.54, 1.807) is 30.5 Å². The summed E-state index contributed by atoms with van der Waals surface area (Å²) in [5.41, 5.74) is 2.89. The van der Waals surface area contributed by atoms with Gasteiger partial charge < -0.3 is 24.8 Å². The highest BCUT2D eigenvalue weighted by Gasteiger charge is 2.19. The fraction of sp³-hybridized carbons (Fsp3) is 0.552. The quantitative estimate of drug-likeness (QED) is 0.345. The van der Waals surface area contributed by atoms with E-state index in [4.69, 9.17) is 4.98 Å². The number of aromatic nitrogens is 3. The number of nitrogens with zero attached hydrogens (tertiary/aromatic N) is 5. The van der Waals surface area contributed by atoms with Crippen molar-refractivity contribution in [2.24, 2.45) is 0 Å². The van der Waals surface area contributed by atoms with Gasteiger partial charge in [-0.2, -0.15) is 4.98 Å². The third-order valence-electron chi connectivity index (χ3n) is 7.12. The topological polar surface area (TPSA) is 89.4 Å². The number of rotatable bonds is 13. The summed E-state index contributed by atoms with van der Waals surface area (Å²) in [4.78, 5) is 27.3. The van der Waals surface area contributed by atoms with Crippen molar-refractivity contribution in [2.45, 2.75) is 71.8 Å². The largest absolute Gasteiger partial charge is 0.872 e. The molecular weight excluding hydrogens is 464 g/mol. The molecule has 200 valence electrons. The predicted molar refractivity (Wildman–Crippen MR) is 147 cm³/mol. The fourth-order valence-electron chi connectivity index (χ4n) is 4.94. The summed E-state index contributed by atoms with van der Waals surface area (Å²) in [6.45, 7) is 9.98. The lowest BCUT2D eigenvalue weighted by Gasteiger charge is -2.26. The maximum absolute atomic E-state index is 13.5. The van der Waals surface area contributed by atoms with Crippen LogP contribution in [0.5, 0.6) is 5.75 Å². The van der Waals surface area contributed by atoms with Crippen molar-refractivity contribution in [3.8, 4) is 5.75 Å². The Balaban J connectivity index is 1.60. The van der Waals surface area contributed by atoms with Crippen molar-refractivity contribution in [1.29, 1.82) is 0 Å². The average Bonchev–Trinajstić information content (AvgIpc) is 3.26. The zero-order valence-corrected chi connectivity index (χ0v) is 22.4. The maximum atomic E-state index is 13.5. The zero-order chi connectivity index (χ0) is 26.0. The highest BCUT2D eigenvalue weighted by atomic mass is 16.3. The van der Waals surface area contributed by atoms with Gasteiger partial charge in [0, 0.05) is 31.5 Å². The fourth-order valence-corrected chi connectivity index (χ4v) is 4.94. The minimum atomic E-state index is -0.0268. The van der Waals surface area contributed by atoms with Crippen molar-refractivity contribution < 1.29 is 9.90 Å². The minimum Gasteiger partial charge on any atom is -0.872 e. The number of nitrogens with one attached hydrogen (secondary N) is 1. The third-order valence-corrected chi connectivity index (χ3v) is 7.12. The summed E-state index contributed by atoms with van der Waals surface area (Å²) >= 11 is 0. The van der Waals surface area contributed by atoms with Gasteiger partial charge in [-0.25, -0.2) is 4.98 Å². The molecule has 1 N–H and O–H groups in total. The van der Waals surface area contributed by atoms with Crippen molar-refractivity contribution in [3.63, 3.8) is 0 Å². The van der Waals surface area contributed by atoms with Crippen LogP contribution in [-0.4, -0.2) is 63.0 Å². The molecule has 0 atom stereocenters. The van der Waals surface area contributed by atoms with Crippen LogP contribution in [0, 0.1) is 0 Å². The second-order valence-electron chi connectivity index (χ2n) is 10.1. The van der Waals surface area contributed by atoms with Crippen LogP contribution in [0.1, 0.15) is 75.6 Å². The summed E-state index contributed by atoms with van der Waals surface area (Å²) in [6.07, 6.45) is 10.6. The number of aryl methyl sites for hydroxylation is 1. The van der Waals surface area contributed by atoms with E-state index < -0.39 is 0 Å². The normalized spacial score (nSPS) is 14.2. The second kappa shape index (κ2) is 13.4. The molecule has 4 rings (SSSR count). The van der Waals surface area contributed by atoms with E-state index in [-0.39, 0.29) is 11.7 Å². The Morgan fingerprint density at radius 3 is 2.38 bits per heavy atom. The van der Waals surface area contributed by atoms with Crippen LogP contribution in [-0.2, 0) is 6.54 Å². The first-order valence-corrected chi connectivity index (χ1v) is 14.0. The van der Waals surface area contributed by atoms with Gasteiger partial charge >= 0.3 is 0 Å². The van der Waals surface area contributed by atoms with E-state index in [1.165, 1.54) is 32.4 Å². The minimum absolute atomic E-state index is 0.0268. The first-order valence-electron chi connectivity index (χ1n) is 14.0. The van der Waals surface area contributed by atoms with Crippen molar-refractivity contribution in [2.75, 3.05) is 38.0 Å². The molecule has 37 heavy (non-hydrogen) atoms. The number of pyridine rings is 1. The zero-order valence-electron chi connectivity index (χ0n) is 22.4. The van der Waals surface area contributed by atoms with Crippen molar-refractivity contribution in [3.05, 3.63) is 42.1 Å². The first-order chi connectivity index (χ1) is 18.1. The Morgan fingerprint density at radius 2 is 1.70 bits per heavy atom. The number of amides is 1. The number of likely N-dealkylation sites (tertiary alicyclic amines) is 1. The van der Waals surface area contributed by atoms with E-state index in [9.17, 15) is 9.90 Å². The Bertz CT molecular complexity index is 1130. The number of hydrogen-bond acceptors (Lipinski definition) is 6. The first kappa shape index (κ1) is 26.9.